The summed E-state index contributed by atoms with van der Waals surface area (Å²) in [5, 5.41) is 14.3. The molecule has 0 aliphatic heterocycles. The Hall–Kier alpha value is -2.52. The van der Waals surface area contributed by atoms with Crippen molar-refractivity contribution >= 4 is 38.2 Å². The third kappa shape index (κ3) is 4.12. The maximum atomic E-state index is 12.2. The Morgan fingerprint density at radius 2 is 2.08 bits per heavy atom. The molecular weight excluding hydrogens is 410 g/mol. The van der Waals surface area contributed by atoms with Crippen molar-refractivity contribution in [1.82, 2.24) is 4.98 Å². The molecule has 7 nitrogen and oxygen atoms in total. The zero-order valence-corrected chi connectivity index (χ0v) is 15.5. The normalized spacial score (nSPS) is 10.1. The van der Waals surface area contributed by atoms with E-state index in [-0.39, 0.29) is 40.6 Å². The second kappa shape index (κ2) is 8.04. The number of ketones is 1. The lowest BCUT2D eigenvalue weighted by atomic mass is 10.1. The summed E-state index contributed by atoms with van der Waals surface area (Å²) in [6.45, 7) is 0.00328. The number of nitrogens with one attached hydrogen (secondary N) is 1. The molecule has 0 amide bonds. The summed E-state index contributed by atoms with van der Waals surface area (Å²) in [5.41, 5.74) is 0.913. The second-order valence-corrected chi connectivity index (χ2v) is 5.94. The number of benzene rings is 2. The van der Waals surface area contributed by atoms with Crippen molar-refractivity contribution in [1.29, 1.82) is 0 Å². The van der Waals surface area contributed by atoms with Gasteiger partial charge in [-0.2, -0.15) is 0 Å². The number of methoxy groups -OCH3 is 1. The van der Waals surface area contributed by atoms with E-state index in [0.717, 1.165) is 10.2 Å². The number of rotatable bonds is 6. The van der Waals surface area contributed by atoms with Gasteiger partial charge in [0.25, 0.3) is 5.69 Å². The van der Waals surface area contributed by atoms with Crippen LogP contribution < -0.4 is 27.0 Å². The number of fused-ring (bicyclic) bond motifs is 1. The zero-order chi connectivity index (χ0) is 17.1. The molecule has 0 fully saturated rings. The van der Waals surface area contributed by atoms with Gasteiger partial charge in [0.2, 0.25) is 0 Å². The van der Waals surface area contributed by atoms with Crippen LogP contribution in [0.5, 0.6) is 5.75 Å². The highest BCUT2D eigenvalue weighted by Crippen LogP contribution is 2.32. The average molecular weight is 423 g/mol. The Labute approximate surface area is 157 Å². The van der Waals surface area contributed by atoms with Crippen LogP contribution in [0.4, 0.5) is 10.8 Å². The van der Waals surface area contributed by atoms with Crippen molar-refractivity contribution in [3.8, 4) is 5.75 Å². The number of halogens is 1. The van der Waals surface area contributed by atoms with Gasteiger partial charge in [0, 0.05) is 17.7 Å². The number of aromatic nitrogens is 1. The maximum absolute atomic E-state index is 12.2. The van der Waals surface area contributed by atoms with E-state index in [1.165, 1.54) is 29.5 Å². The molecule has 0 radical (unpaired) electrons. The summed E-state index contributed by atoms with van der Waals surface area (Å²) in [6.07, 6.45) is 0. The minimum atomic E-state index is -0.524. The van der Waals surface area contributed by atoms with E-state index in [9.17, 15) is 14.9 Å². The fraction of sp³-hybridized carbons (Fsp3) is 0.125. The summed E-state index contributed by atoms with van der Waals surface area (Å²) in [5.74, 6) is 0.423. The van der Waals surface area contributed by atoms with Crippen LogP contribution in [0, 0.1) is 10.1 Å². The number of para-hydroxylation sites is 1. The molecule has 0 saturated carbocycles. The summed E-state index contributed by atoms with van der Waals surface area (Å²) >= 11 is 1.41. The maximum Gasteiger partial charge on any atom is 0.270 e. The lowest BCUT2D eigenvalue weighted by Crippen LogP contribution is -3.00. The number of ether oxygens (including phenoxy) is 1. The number of non-ortho nitro benzene ring substituents is 1. The van der Waals surface area contributed by atoms with Gasteiger partial charge in [-0.3, -0.25) is 14.9 Å². The fourth-order valence-corrected chi connectivity index (χ4v) is 3.09. The van der Waals surface area contributed by atoms with Gasteiger partial charge in [0.1, 0.15) is 11.3 Å². The van der Waals surface area contributed by atoms with Crippen molar-refractivity contribution in [2.45, 2.75) is 0 Å². The molecular formula is C16H13BrN3O4S-. The third-order valence-electron chi connectivity index (χ3n) is 3.38. The van der Waals surface area contributed by atoms with E-state index in [2.05, 4.69) is 10.3 Å². The third-order valence-corrected chi connectivity index (χ3v) is 4.36. The number of nitro benzene ring substituents is 1. The Balaban J connectivity index is 0.00000225. The predicted octanol–water partition coefficient (Wildman–Crippen LogP) is 0.512. The first-order valence-corrected chi connectivity index (χ1v) is 7.85. The summed E-state index contributed by atoms with van der Waals surface area (Å²) < 4.78 is 6.20. The summed E-state index contributed by atoms with van der Waals surface area (Å²) in [6, 6.07) is 11.3. The number of nitro groups is 1. The largest absolute Gasteiger partial charge is 1.00 e. The molecule has 0 unspecified atom stereocenters. The van der Waals surface area contributed by atoms with E-state index >= 15 is 0 Å². The molecule has 3 rings (SSSR count). The smallest absolute Gasteiger partial charge is 0.270 e. The Kier molecular flexibility index (Phi) is 6.05. The van der Waals surface area contributed by atoms with Crippen molar-refractivity contribution in [2.24, 2.45) is 0 Å². The van der Waals surface area contributed by atoms with Crippen LogP contribution in [0.2, 0.25) is 0 Å². The highest BCUT2D eigenvalue weighted by molar-refractivity contribution is 7.22. The predicted molar refractivity (Wildman–Crippen MR) is 92.1 cm³/mol. The Morgan fingerprint density at radius 3 is 2.80 bits per heavy atom. The van der Waals surface area contributed by atoms with Gasteiger partial charge < -0.3 is 27.0 Å². The Bertz CT molecular complexity index is 929. The lowest BCUT2D eigenvalue weighted by Gasteiger charge is -2.02. The van der Waals surface area contributed by atoms with E-state index in [0.29, 0.717) is 10.9 Å². The quantitative estimate of drug-likeness (QED) is 0.353. The SMILES string of the molecule is COc1cccc2sc(NCC(=O)c3cccc([N+](=O)[O-])c3)nc12.[Br-]. The van der Waals surface area contributed by atoms with Gasteiger partial charge in [0.05, 0.1) is 23.3 Å². The lowest BCUT2D eigenvalue weighted by molar-refractivity contribution is -0.384. The van der Waals surface area contributed by atoms with E-state index in [1.807, 2.05) is 18.2 Å². The first-order chi connectivity index (χ1) is 11.6. The number of carbonyl (C=O) groups is 1. The van der Waals surface area contributed by atoms with Crippen LogP contribution in [-0.2, 0) is 0 Å². The molecule has 1 heterocycles. The molecule has 0 saturated heterocycles. The van der Waals surface area contributed by atoms with Crippen LogP contribution in [0.15, 0.2) is 42.5 Å². The number of Topliss-reactive ketones (excluding diaryl/α,β-unsaturated/α-hetero) is 1. The monoisotopic (exact) mass is 422 g/mol. The summed E-state index contributed by atoms with van der Waals surface area (Å²) in [4.78, 5) is 26.9. The van der Waals surface area contributed by atoms with E-state index in [4.69, 9.17) is 4.74 Å². The topological polar surface area (TPSA) is 94.4 Å². The molecule has 0 bridgehead atoms. The van der Waals surface area contributed by atoms with Crippen LogP contribution in [0.1, 0.15) is 10.4 Å². The second-order valence-electron chi connectivity index (χ2n) is 4.91. The van der Waals surface area contributed by atoms with Gasteiger partial charge in [-0.15, -0.1) is 0 Å². The van der Waals surface area contributed by atoms with Gasteiger partial charge in [-0.1, -0.05) is 29.5 Å². The number of carbonyl (C=O) groups excluding carboxylic acids is 1. The van der Waals surface area contributed by atoms with Crippen LogP contribution in [0.3, 0.4) is 0 Å². The van der Waals surface area contributed by atoms with Gasteiger partial charge in [-0.05, 0) is 12.1 Å². The van der Waals surface area contributed by atoms with Crippen molar-refractivity contribution in [3.63, 3.8) is 0 Å². The van der Waals surface area contributed by atoms with Gasteiger partial charge in [0.15, 0.2) is 10.9 Å². The molecule has 1 aromatic heterocycles. The van der Waals surface area contributed by atoms with Crippen LogP contribution in [0.25, 0.3) is 10.2 Å². The number of anilines is 1. The highest BCUT2D eigenvalue weighted by atomic mass is 79.9. The molecule has 3 aromatic rings. The van der Waals surface area contributed by atoms with E-state index < -0.39 is 4.92 Å². The number of hydrogen-bond donors (Lipinski definition) is 1. The number of nitrogens with zero attached hydrogens (tertiary/aromatic N) is 2. The van der Waals surface area contributed by atoms with Crippen molar-refractivity contribution < 1.29 is 31.4 Å². The molecule has 0 atom stereocenters. The fourth-order valence-electron chi connectivity index (χ4n) is 2.21. The minimum absolute atomic E-state index is 0. The van der Waals surface area contributed by atoms with Gasteiger partial charge >= 0.3 is 0 Å². The zero-order valence-electron chi connectivity index (χ0n) is 13.1. The highest BCUT2D eigenvalue weighted by Gasteiger charge is 2.13. The van der Waals surface area contributed by atoms with Crippen LogP contribution >= 0.6 is 11.3 Å². The molecule has 0 spiro atoms. The standard InChI is InChI=1S/C16H13N3O4S.BrH/c1-23-13-6-3-7-14-15(13)18-16(24-14)17-9-12(20)10-4-2-5-11(8-10)19(21)22;/h2-8H,9H2,1H3,(H,17,18);1H/p-1. The summed E-state index contributed by atoms with van der Waals surface area (Å²) in [7, 11) is 1.58. The molecule has 130 valence electrons. The molecule has 0 aliphatic carbocycles. The molecule has 25 heavy (non-hydrogen) atoms. The van der Waals surface area contributed by atoms with E-state index in [1.54, 1.807) is 13.2 Å². The first-order valence-electron chi connectivity index (χ1n) is 7.03. The molecule has 0 aliphatic rings. The molecule has 2 aromatic carbocycles. The van der Waals surface area contributed by atoms with Crippen molar-refractivity contribution in [2.75, 3.05) is 19.0 Å². The Morgan fingerprint density at radius 1 is 1.32 bits per heavy atom. The first kappa shape index (κ1) is 18.8. The number of hydrogen-bond acceptors (Lipinski definition) is 7. The van der Waals surface area contributed by atoms with Crippen molar-refractivity contribution in [3.05, 3.63) is 58.1 Å². The molecule has 1 N–H and O–H groups in total. The molecule has 9 heteroatoms. The number of thiazole rings is 1. The minimum Gasteiger partial charge on any atom is -1.00 e. The average Bonchev–Trinajstić information content (AvgIpc) is 3.02. The van der Waals surface area contributed by atoms with Crippen LogP contribution in [-0.4, -0.2) is 29.3 Å². The van der Waals surface area contributed by atoms with Gasteiger partial charge in [-0.25, -0.2) is 4.98 Å².